The van der Waals surface area contributed by atoms with Crippen LogP contribution in [0.2, 0.25) is 0 Å². The van der Waals surface area contributed by atoms with Crippen LogP contribution in [0.3, 0.4) is 0 Å². The van der Waals surface area contributed by atoms with Gasteiger partial charge in [0.05, 0.1) is 25.3 Å². The van der Waals surface area contributed by atoms with Crippen molar-refractivity contribution in [1.29, 1.82) is 0 Å². The molecule has 1 saturated heterocycles. The van der Waals surface area contributed by atoms with Gasteiger partial charge in [-0.3, -0.25) is 9.79 Å². The highest BCUT2D eigenvalue weighted by Gasteiger charge is 2.40. The lowest BCUT2D eigenvalue weighted by Crippen LogP contribution is -2.50. The van der Waals surface area contributed by atoms with Crippen LogP contribution in [0.15, 0.2) is 4.99 Å². The molecule has 0 N–H and O–H groups in total. The molecule has 1 heterocycles. The van der Waals surface area contributed by atoms with E-state index in [-0.39, 0.29) is 37.5 Å². The summed E-state index contributed by atoms with van der Waals surface area (Å²) in [6, 6.07) is -0.396. The number of thioether (sulfide) groups is 2. The van der Waals surface area contributed by atoms with E-state index < -0.39 is 6.04 Å². The van der Waals surface area contributed by atoms with E-state index in [9.17, 15) is 4.79 Å². The van der Waals surface area contributed by atoms with Crippen molar-refractivity contribution in [2.75, 3.05) is 53.5 Å². The van der Waals surface area contributed by atoms with Gasteiger partial charge in [0.25, 0.3) is 0 Å². The average molecular weight is 423 g/mol. The molecule has 0 saturated carbocycles. The van der Waals surface area contributed by atoms with Crippen molar-refractivity contribution in [3.05, 3.63) is 0 Å². The van der Waals surface area contributed by atoms with E-state index in [0.29, 0.717) is 13.2 Å². The van der Waals surface area contributed by atoms with Crippen LogP contribution < -0.4 is 0 Å². The average Bonchev–Trinajstić information content (AvgIpc) is 3.05. The maximum absolute atomic E-state index is 13.5. The molecule has 0 unspecified atom stereocenters. The van der Waals surface area contributed by atoms with Crippen molar-refractivity contribution in [2.45, 2.75) is 44.8 Å². The van der Waals surface area contributed by atoms with E-state index in [0.717, 1.165) is 17.2 Å². The predicted molar refractivity (Wildman–Crippen MR) is 112 cm³/mol. The summed E-state index contributed by atoms with van der Waals surface area (Å²) in [4.78, 5) is 20.1. The van der Waals surface area contributed by atoms with E-state index >= 15 is 0 Å². The highest BCUT2D eigenvalue weighted by molar-refractivity contribution is 8.38. The number of likely N-dealkylation sites (tertiary alicyclic amines) is 1. The van der Waals surface area contributed by atoms with Gasteiger partial charge in [-0.15, -0.1) is 23.5 Å². The molecular formula is C18H34N2O5S2. The third-order valence-electron chi connectivity index (χ3n) is 4.38. The van der Waals surface area contributed by atoms with Crippen LogP contribution >= 0.6 is 23.5 Å². The van der Waals surface area contributed by atoms with Gasteiger partial charge in [0.1, 0.15) is 24.0 Å². The maximum Gasteiger partial charge on any atom is 0.248 e. The number of hydrogen-bond acceptors (Lipinski definition) is 8. The smallest absolute Gasteiger partial charge is 0.248 e. The Kier molecular flexibility index (Phi) is 12.6. The van der Waals surface area contributed by atoms with E-state index in [1.54, 1.807) is 37.7 Å². The Labute approximate surface area is 171 Å². The topological polar surface area (TPSA) is 69.6 Å². The molecule has 3 atom stereocenters. The summed E-state index contributed by atoms with van der Waals surface area (Å²) in [5.74, 6) is 0.147. The largest absolute Gasteiger partial charge is 0.359 e. The standard InChI is InChI=1S/C18H34N2O5S2/c1-13(2)16(19-18(26-5)27-6)17(21)20-14(9-24-11-22-3)7-8-15(20)10-25-12-23-4/h13-16H,7-12H2,1-6H3/t14-,15-,16-/m0/s1. The number of carbonyl (C=O) groups excluding carboxylic acids is 1. The van der Waals surface area contributed by atoms with E-state index in [1.165, 1.54) is 0 Å². The third-order valence-corrected chi connectivity index (χ3v) is 6.28. The van der Waals surface area contributed by atoms with E-state index in [2.05, 4.69) is 0 Å². The van der Waals surface area contributed by atoms with Crippen molar-refractivity contribution in [1.82, 2.24) is 4.90 Å². The highest BCUT2D eigenvalue weighted by Crippen LogP contribution is 2.28. The second kappa shape index (κ2) is 13.8. The number of ether oxygens (including phenoxy) is 4. The van der Waals surface area contributed by atoms with Crippen molar-refractivity contribution in [2.24, 2.45) is 10.9 Å². The number of carbonyl (C=O) groups is 1. The van der Waals surface area contributed by atoms with Gasteiger partial charge in [-0.1, -0.05) is 13.8 Å². The van der Waals surface area contributed by atoms with Crippen LogP contribution in [-0.2, 0) is 23.7 Å². The highest BCUT2D eigenvalue weighted by atomic mass is 32.2. The zero-order valence-corrected chi connectivity index (χ0v) is 18.9. The zero-order chi connectivity index (χ0) is 20.2. The third kappa shape index (κ3) is 7.91. The summed E-state index contributed by atoms with van der Waals surface area (Å²) in [7, 11) is 3.18. The summed E-state index contributed by atoms with van der Waals surface area (Å²) < 4.78 is 22.0. The molecule has 1 rings (SSSR count). The summed E-state index contributed by atoms with van der Waals surface area (Å²) in [6.07, 6.45) is 5.72. The summed E-state index contributed by atoms with van der Waals surface area (Å²) in [5, 5.41) is 0. The molecule has 0 radical (unpaired) electrons. The molecule has 9 heteroatoms. The first-order valence-corrected chi connectivity index (χ1v) is 11.6. The molecule has 1 aliphatic rings. The van der Waals surface area contributed by atoms with Crippen LogP contribution in [0, 0.1) is 5.92 Å². The monoisotopic (exact) mass is 422 g/mol. The molecule has 1 aliphatic heterocycles. The molecule has 1 fully saturated rings. The van der Waals surface area contributed by atoms with Gasteiger partial charge < -0.3 is 23.8 Å². The van der Waals surface area contributed by atoms with Gasteiger partial charge in [0.15, 0.2) is 0 Å². The Hall–Kier alpha value is -0.320. The molecule has 0 bridgehead atoms. The Morgan fingerprint density at radius 1 is 1.04 bits per heavy atom. The van der Waals surface area contributed by atoms with Crippen molar-refractivity contribution >= 4 is 33.8 Å². The van der Waals surface area contributed by atoms with Crippen molar-refractivity contribution in [3.8, 4) is 0 Å². The molecule has 1 amide bonds. The number of rotatable bonds is 11. The van der Waals surface area contributed by atoms with Gasteiger partial charge >= 0.3 is 0 Å². The minimum Gasteiger partial charge on any atom is -0.359 e. The second-order valence-corrected chi connectivity index (χ2v) is 8.53. The van der Waals surface area contributed by atoms with Crippen LogP contribution in [0.5, 0.6) is 0 Å². The molecule has 0 aromatic carbocycles. The fraction of sp³-hybridized carbons (Fsp3) is 0.889. The molecule has 0 aromatic rings. The summed E-state index contributed by atoms with van der Waals surface area (Å²) in [5.41, 5.74) is 0. The molecule has 0 spiro atoms. The molecule has 0 aromatic heterocycles. The van der Waals surface area contributed by atoms with Crippen LogP contribution in [-0.4, -0.2) is 86.8 Å². The molecule has 0 aliphatic carbocycles. The summed E-state index contributed by atoms with van der Waals surface area (Å²) >= 11 is 3.14. The lowest BCUT2D eigenvalue weighted by molar-refractivity contribution is -0.141. The lowest BCUT2D eigenvalue weighted by atomic mass is 10.0. The number of aliphatic imine (C=N–C) groups is 1. The first kappa shape index (κ1) is 24.7. The van der Waals surface area contributed by atoms with E-state index in [1.807, 2.05) is 31.3 Å². The Balaban J connectivity index is 2.99. The van der Waals surface area contributed by atoms with Gasteiger partial charge in [0.2, 0.25) is 5.91 Å². The summed E-state index contributed by atoms with van der Waals surface area (Å²) in [6.45, 7) is 5.41. The Morgan fingerprint density at radius 3 is 1.89 bits per heavy atom. The number of methoxy groups -OCH3 is 2. The quantitative estimate of drug-likeness (QED) is 0.219. The fourth-order valence-corrected chi connectivity index (χ4v) is 4.23. The van der Waals surface area contributed by atoms with Gasteiger partial charge in [0, 0.05) is 14.2 Å². The first-order valence-electron chi connectivity index (χ1n) is 9.11. The number of amides is 1. The van der Waals surface area contributed by atoms with Crippen molar-refractivity contribution < 1.29 is 23.7 Å². The van der Waals surface area contributed by atoms with Crippen molar-refractivity contribution in [3.63, 3.8) is 0 Å². The van der Waals surface area contributed by atoms with Crippen LogP contribution in [0.25, 0.3) is 0 Å². The second-order valence-electron chi connectivity index (χ2n) is 6.68. The number of nitrogens with zero attached hydrogens (tertiary/aromatic N) is 2. The molecule has 7 nitrogen and oxygen atoms in total. The fourth-order valence-electron chi connectivity index (χ4n) is 3.13. The lowest BCUT2D eigenvalue weighted by Gasteiger charge is -2.33. The first-order chi connectivity index (χ1) is 13.0. The Morgan fingerprint density at radius 2 is 1.52 bits per heavy atom. The Bertz CT molecular complexity index is 441. The minimum absolute atomic E-state index is 0.00672. The normalized spacial score (nSPS) is 20.9. The number of hydrogen-bond donors (Lipinski definition) is 0. The molecule has 158 valence electrons. The van der Waals surface area contributed by atoms with Crippen LogP contribution in [0.1, 0.15) is 26.7 Å². The maximum atomic E-state index is 13.5. The minimum atomic E-state index is -0.409. The zero-order valence-electron chi connectivity index (χ0n) is 17.3. The molecule has 27 heavy (non-hydrogen) atoms. The van der Waals surface area contributed by atoms with E-state index in [4.69, 9.17) is 23.9 Å². The van der Waals surface area contributed by atoms with Gasteiger partial charge in [-0.25, -0.2) is 0 Å². The SMILES string of the molecule is COCOC[C@@H]1CC[C@@H](COCOC)N1C(=O)[C@@H](N=C(SC)SC)C(C)C. The molecular weight excluding hydrogens is 388 g/mol. The predicted octanol–water partition coefficient (Wildman–Crippen LogP) is 2.69. The van der Waals surface area contributed by atoms with Gasteiger partial charge in [-0.05, 0) is 31.3 Å². The van der Waals surface area contributed by atoms with Crippen LogP contribution in [0.4, 0.5) is 0 Å². The van der Waals surface area contributed by atoms with Gasteiger partial charge in [-0.2, -0.15) is 0 Å².